The molecule has 0 aromatic heterocycles. The summed E-state index contributed by atoms with van der Waals surface area (Å²) >= 11 is 3.91. The lowest BCUT2D eigenvalue weighted by atomic mass is 9.45. The molecule has 0 unspecified atom stereocenters. The third kappa shape index (κ3) is 3.43. The Hall–Kier alpha value is 0.140. The number of hydrogen-bond donors (Lipinski definition) is 2. The minimum atomic E-state index is -0.846. The number of rotatable bonds is 4. The van der Waals surface area contributed by atoms with E-state index in [0.717, 1.165) is 32.1 Å². The van der Waals surface area contributed by atoms with Crippen molar-refractivity contribution in [3.05, 3.63) is 12.7 Å². The van der Waals surface area contributed by atoms with Crippen molar-refractivity contribution in [2.45, 2.75) is 89.2 Å². The summed E-state index contributed by atoms with van der Waals surface area (Å²) in [6, 6.07) is 0. The van der Waals surface area contributed by atoms with Crippen molar-refractivity contribution < 1.29 is 10.2 Å². The first kappa shape index (κ1) is 19.5. The molecule has 0 bridgehead atoms. The average molecular weight is 387 g/mol. The summed E-state index contributed by atoms with van der Waals surface area (Å²) in [7, 11) is 0. The van der Waals surface area contributed by atoms with E-state index in [1.807, 2.05) is 13.8 Å². The third-order valence-corrected chi connectivity index (χ3v) is 8.94. The predicted molar refractivity (Wildman–Crippen MR) is 101 cm³/mol. The minimum absolute atomic E-state index is 0.132. The van der Waals surface area contributed by atoms with Gasteiger partial charge in [-0.1, -0.05) is 42.8 Å². The molecule has 0 aromatic rings. The number of alkyl halides is 1. The van der Waals surface area contributed by atoms with Crippen LogP contribution in [0, 0.1) is 22.7 Å². The topological polar surface area (TPSA) is 40.5 Å². The van der Waals surface area contributed by atoms with E-state index in [1.54, 1.807) is 6.08 Å². The van der Waals surface area contributed by atoms with E-state index in [0.29, 0.717) is 17.2 Å². The molecule has 0 heterocycles. The molecule has 0 spiro atoms. The molecule has 0 aliphatic heterocycles. The molecule has 2 rings (SSSR count). The molecule has 0 saturated heterocycles. The van der Waals surface area contributed by atoms with Crippen LogP contribution in [0.5, 0.6) is 0 Å². The van der Waals surface area contributed by atoms with Crippen molar-refractivity contribution in [3.8, 4) is 0 Å². The SMILES string of the molecule is C=C[C@](C)(O)CC[C@H]1[C@]2(C)CC[C@@H](Br)C(C)(C)[C@H]2CC[C@]1(C)O. The Balaban J connectivity index is 2.31. The predicted octanol–water partition coefficient (Wildman–Crippen LogP) is 5.07. The van der Waals surface area contributed by atoms with Crippen molar-refractivity contribution in [2.75, 3.05) is 0 Å². The fourth-order valence-electron chi connectivity index (χ4n) is 5.67. The van der Waals surface area contributed by atoms with Gasteiger partial charge in [-0.05, 0) is 75.0 Å². The summed E-state index contributed by atoms with van der Waals surface area (Å²) in [4.78, 5) is 0.549. The molecule has 134 valence electrons. The van der Waals surface area contributed by atoms with Crippen LogP contribution in [0.25, 0.3) is 0 Å². The summed E-state index contributed by atoms with van der Waals surface area (Å²) in [6.45, 7) is 14.7. The van der Waals surface area contributed by atoms with Crippen LogP contribution in [0.3, 0.4) is 0 Å². The fraction of sp³-hybridized carbons (Fsp3) is 0.900. The molecule has 0 amide bonds. The monoisotopic (exact) mass is 386 g/mol. The van der Waals surface area contributed by atoms with Gasteiger partial charge in [-0.15, -0.1) is 6.58 Å². The molecule has 23 heavy (non-hydrogen) atoms. The van der Waals surface area contributed by atoms with Gasteiger partial charge in [0.1, 0.15) is 0 Å². The van der Waals surface area contributed by atoms with Crippen LogP contribution in [0.4, 0.5) is 0 Å². The standard InChI is InChI=1S/C20H35BrO2/c1-7-18(4,22)11-8-15-19(5)12-10-16(21)17(2,3)14(19)9-13-20(15,6)23/h7,14-16,22-23H,1,8-13H2,2-6H3/t14-,15+,16-,18+,19-,20+/m1/s1. The maximum absolute atomic E-state index is 11.1. The summed E-state index contributed by atoms with van der Waals surface area (Å²) in [5.41, 5.74) is -1.12. The Kier molecular flexibility index (Phi) is 5.20. The highest BCUT2D eigenvalue weighted by Crippen LogP contribution is 2.64. The molecule has 0 aromatic carbocycles. The first-order valence-electron chi connectivity index (χ1n) is 9.09. The van der Waals surface area contributed by atoms with Crippen LogP contribution in [0.1, 0.15) is 73.1 Å². The summed E-state index contributed by atoms with van der Waals surface area (Å²) in [5.74, 6) is 0.825. The molecule has 2 saturated carbocycles. The molecule has 6 atom stereocenters. The van der Waals surface area contributed by atoms with E-state index in [1.165, 1.54) is 0 Å². The normalized spacial score (nSPS) is 45.8. The van der Waals surface area contributed by atoms with E-state index in [-0.39, 0.29) is 16.7 Å². The average Bonchev–Trinajstić information content (AvgIpc) is 2.42. The Bertz CT molecular complexity index is 455. The molecule has 2 nitrogen and oxygen atoms in total. The van der Waals surface area contributed by atoms with Crippen LogP contribution in [0.15, 0.2) is 12.7 Å². The van der Waals surface area contributed by atoms with Gasteiger partial charge < -0.3 is 10.2 Å². The van der Waals surface area contributed by atoms with Gasteiger partial charge in [-0.3, -0.25) is 0 Å². The molecule has 2 fully saturated rings. The van der Waals surface area contributed by atoms with Gasteiger partial charge in [0.2, 0.25) is 0 Å². The van der Waals surface area contributed by atoms with Gasteiger partial charge in [0.05, 0.1) is 11.2 Å². The fourth-order valence-corrected chi connectivity index (χ4v) is 6.22. The zero-order chi connectivity index (χ0) is 17.7. The second-order valence-corrected chi connectivity index (χ2v) is 10.5. The second-order valence-electron chi connectivity index (χ2n) is 9.43. The minimum Gasteiger partial charge on any atom is -0.390 e. The van der Waals surface area contributed by atoms with Crippen LogP contribution in [0.2, 0.25) is 0 Å². The highest BCUT2D eigenvalue weighted by molar-refractivity contribution is 9.09. The van der Waals surface area contributed by atoms with E-state index in [9.17, 15) is 10.2 Å². The van der Waals surface area contributed by atoms with Crippen LogP contribution < -0.4 is 0 Å². The first-order chi connectivity index (χ1) is 10.4. The molecule has 0 radical (unpaired) electrons. The largest absolute Gasteiger partial charge is 0.390 e. The van der Waals surface area contributed by atoms with Crippen LogP contribution >= 0.6 is 15.9 Å². The lowest BCUT2D eigenvalue weighted by Crippen LogP contribution is -2.59. The van der Waals surface area contributed by atoms with E-state index in [2.05, 4.69) is 43.3 Å². The van der Waals surface area contributed by atoms with E-state index >= 15 is 0 Å². The summed E-state index contributed by atoms with van der Waals surface area (Å²) in [6.07, 6.45) is 7.40. The van der Waals surface area contributed by atoms with Crippen molar-refractivity contribution in [3.63, 3.8) is 0 Å². The second kappa shape index (κ2) is 6.14. The van der Waals surface area contributed by atoms with Crippen molar-refractivity contribution in [1.29, 1.82) is 0 Å². The third-order valence-electron chi connectivity index (χ3n) is 7.30. The smallest absolute Gasteiger partial charge is 0.0797 e. The molecule has 2 N–H and O–H groups in total. The van der Waals surface area contributed by atoms with Gasteiger partial charge in [0.15, 0.2) is 0 Å². The molecule has 2 aliphatic rings. The van der Waals surface area contributed by atoms with E-state index < -0.39 is 11.2 Å². The number of fused-ring (bicyclic) bond motifs is 1. The van der Waals surface area contributed by atoms with Crippen LogP contribution in [-0.2, 0) is 0 Å². The maximum Gasteiger partial charge on any atom is 0.0797 e. The number of halogens is 1. The van der Waals surface area contributed by atoms with Crippen molar-refractivity contribution in [1.82, 2.24) is 0 Å². The zero-order valence-electron chi connectivity index (χ0n) is 15.5. The Morgan fingerprint density at radius 1 is 1.22 bits per heavy atom. The summed E-state index contributed by atoms with van der Waals surface area (Å²) in [5, 5.41) is 21.5. The van der Waals surface area contributed by atoms with Gasteiger partial charge in [-0.2, -0.15) is 0 Å². The van der Waals surface area contributed by atoms with Gasteiger partial charge in [0, 0.05) is 4.83 Å². The number of aliphatic hydroxyl groups is 2. The zero-order valence-corrected chi connectivity index (χ0v) is 17.1. The molecular formula is C20H35BrO2. The van der Waals surface area contributed by atoms with Crippen LogP contribution in [-0.4, -0.2) is 26.2 Å². The Morgan fingerprint density at radius 2 is 1.83 bits per heavy atom. The first-order valence-corrected chi connectivity index (χ1v) is 10.0. The Morgan fingerprint density at radius 3 is 2.39 bits per heavy atom. The highest BCUT2D eigenvalue weighted by Gasteiger charge is 2.59. The van der Waals surface area contributed by atoms with Gasteiger partial charge in [0.25, 0.3) is 0 Å². The lowest BCUT2D eigenvalue weighted by Gasteiger charge is -2.62. The Labute approximate surface area is 150 Å². The molecule has 3 heteroatoms. The van der Waals surface area contributed by atoms with Gasteiger partial charge in [-0.25, -0.2) is 0 Å². The maximum atomic E-state index is 11.1. The van der Waals surface area contributed by atoms with E-state index in [4.69, 9.17) is 0 Å². The lowest BCUT2D eigenvalue weighted by molar-refractivity contribution is -0.169. The van der Waals surface area contributed by atoms with Gasteiger partial charge >= 0.3 is 0 Å². The molecular weight excluding hydrogens is 352 g/mol. The van der Waals surface area contributed by atoms with Crippen molar-refractivity contribution >= 4 is 15.9 Å². The summed E-state index contributed by atoms with van der Waals surface area (Å²) < 4.78 is 0. The number of hydrogen-bond acceptors (Lipinski definition) is 2. The van der Waals surface area contributed by atoms with Crippen molar-refractivity contribution in [2.24, 2.45) is 22.7 Å². The molecule has 2 aliphatic carbocycles. The highest BCUT2D eigenvalue weighted by atomic mass is 79.9. The quantitative estimate of drug-likeness (QED) is 0.522.